The van der Waals surface area contributed by atoms with Gasteiger partial charge in [0.1, 0.15) is 0 Å². The number of nitrogens with one attached hydrogen (secondary N) is 2. The van der Waals surface area contributed by atoms with Gasteiger partial charge in [0.05, 0.1) is 0 Å². The Hall–Kier alpha value is -2.15. The van der Waals surface area contributed by atoms with Gasteiger partial charge in [-0.2, -0.15) is 0 Å². The number of hydrogen-bond acceptors (Lipinski definition) is 3. The van der Waals surface area contributed by atoms with Crippen molar-refractivity contribution in [2.75, 3.05) is 13.1 Å². The first kappa shape index (κ1) is 20.9. The number of unbranched alkanes of at least 4 members (excludes halogenated alkanes) is 2. The van der Waals surface area contributed by atoms with Crippen LogP contribution in [-0.4, -0.2) is 45.7 Å². The van der Waals surface area contributed by atoms with Crippen LogP contribution in [0, 0.1) is 0 Å². The molecule has 0 bridgehead atoms. The minimum atomic E-state index is -0.893. The van der Waals surface area contributed by atoms with E-state index in [0.717, 1.165) is 19.3 Å². The van der Waals surface area contributed by atoms with Gasteiger partial charge in [0.25, 0.3) is 5.91 Å². The number of carbonyl (C=O) groups excluding carboxylic acids is 1. The van der Waals surface area contributed by atoms with Crippen LogP contribution in [0.2, 0.25) is 0 Å². The van der Waals surface area contributed by atoms with E-state index in [4.69, 9.17) is 12.2 Å². The quantitative estimate of drug-likeness (QED) is 0.510. The molecule has 0 saturated heterocycles. The molecule has 0 aromatic heterocycles. The Balaban J connectivity index is 2.20. The van der Waals surface area contributed by atoms with Crippen LogP contribution >= 0.6 is 12.2 Å². The lowest BCUT2D eigenvalue weighted by molar-refractivity contribution is 0.0972. The van der Waals surface area contributed by atoms with Gasteiger partial charge in [-0.05, 0) is 64.4 Å². The molecule has 0 atom stereocenters. The van der Waals surface area contributed by atoms with E-state index in [1.165, 1.54) is 4.90 Å². The van der Waals surface area contributed by atoms with Crippen LogP contribution in [0.5, 0.6) is 0 Å². The van der Waals surface area contributed by atoms with Gasteiger partial charge in [-0.25, -0.2) is 4.79 Å². The third kappa shape index (κ3) is 7.98. The van der Waals surface area contributed by atoms with Crippen molar-refractivity contribution >= 4 is 29.3 Å². The summed E-state index contributed by atoms with van der Waals surface area (Å²) in [5.41, 5.74) is 0.162. The van der Waals surface area contributed by atoms with E-state index in [0.29, 0.717) is 23.8 Å². The van der Waals surface area contributed by atoms with E-state index in [9.17, 15) is 14.7 Å². The van der Waals surface area contributed by atoms with E-state index in [1.807, 2.05) is 26.8 Å². The maximum absolute atomic E-state index is 11.9. The van der Waals surface area contributed by atoms with Gasteiger partial charge in [0.15, 0.2) is 5.11 Å². The van der Waals surface area contributed by atoms with E-state index in [-0.39, 0.29) is 5.91 Å². The Labute approximate surface area is 154 Å². The molecule has 1 rings (SSSR count). The minimum absolute atomic E-state index is 0.236. The minimum Gasteiger partial charge on any atom is -0.465 e. The summed E-state index contributed by atoms with van der Waals surface area (Å²) in [6.45, 7) is 6.80. The van der Waals surface area contributed by atoms with Crippen molar-refractivity contribution in [3.8, 4) is 0 Å². The second kappa shape index (κ2) is 9.98. The fourth-order valence-corrected chi connectivity index (χ4v) is 2.50. The van der Waals surface area contributed by atoms with Gasteiger partial charge < -0.3 is 15.3 Å². The molecule has 6 nitrogen and oxygen atoms in total. The fraction of sp³-hybridized carbons (Fsp3) is 0.500. The van der Waals surface area contributed by atoms with Crippen molar-refractivity contribution in [2.45, 2.75) is 45.6 Å². The number of benzene rings is 1. The fourth-order valence-electron chi connectivity index (χ4n) is 2.30. The van der Waals surface area contributed by atoms with Crippen LogP contribution < -0.4 is 10.6 Å². The van der Waals surface area contributed by atoms with Crippen molar-refractivity contribution in [3.63, 3.8) is 0 Å². The van der Waals surface area contributed by atoms with Gasteiger partial charge >= 0.3 is 6.09 Å². The average Bonchev–Trinajstić information content (AvgIpc) is 2.53. The predicted molar refractivity (Wildman–Crippen MR) is 103 cm³/mol. The van der Waals surface area contributed by atoms with Gasteiger partial charge in [-0.3, -0.25) is 10.1 Å². The molecule has 0 unspecified atom stereocenters. The molecule has 0 saturated carbocycles. The van der Waals surface area contributed by atoms with Gasteiger partial charge in [-0.15, -0.1) is 0 Å². The number of amides is 2. The first-order valence-corrected chi connectivity index (χ1v) is 8.77. The Morgan fingerprint density at radius 1 is 1.12 bits per heavy atom. The van der Waals surface area contributed by atoms with E-state index in [2.05, 4.69) is 10.6 Å². The molecule has 0 radical (unpaired) electrons. The standard InChI is InChI=1S/C18H27N3O3S/c1-18(2,3)21(17(23)24)13-9-5-8-12-19-16(25)20-15(22)14-10-6-4-7-11-14/h4,6-7,10-11H,5,8-9,12-13H2,1-3H3,(H,23,24)(H2,19,20,22,25). The lowest BCUT2D eigenvalue weighted by atomic mass is 10.1. The van der Waals surface area contributed by atoms with E-state index in [1.54, 1.807) is 24.3 Å². The van der Waals surface area contributed by atoms with Crippen LogP contribution in [0.4, 0.5) is 4.79 Å². The Morgan fingerprint density at radius 2 is 1.76 bits per heavy atom. The van der Waals surface area contributed by atoms with Crippen molar-refractivity contribution < 1.29 is 14.7 Å². The summed E-state index contributed by atoms with van der Waals surface area (Å²) < 4.78 is 0. The molecule has 138 valence electrons. The number of hydrogen-bond donors (Lipinski definition) is 3. The van der Waals surface area contributed by atoms with Gasteiger partial charge in [0, 0.05) is 24.2 Å². The first-order chi connectivity index (χ1) is 11.7. The average molecular weight is 365 g/mol. The monoisotopic (exact) mass is 365 g/mol. The SMILES string of the molecule is CC(C)(C)N(CCCCCNC(=S)NC(=O)c1ccccc1)C(=O)O. The van der Waals surface area contributed by atoms with Gasteiger partial charge in [0.2, 0.25) is 0 Å². The summed E-state index contributed by atoms with van der Waals surface area (Å²) in [4.78, 5) is 24.6. The zero-order valence-corrected chi connectivity index (χ0v) is 15.9. The maximum Gasteiger partial charge on any atom is 0.407 e. The first-order valence-electron chi connectivity index (χ1n) is 8.36. The number of thiocarbonyl (C=S) groups is 1. The van der Waals surface area contributed by atoms with Crippen molar-refractivity contribution in [2.24, 2.45) is 0 Å². The molecule has 0 aliphatic heterocycles. The van der Waals surface area contributed by atoms with Crippen molar-refractivity contribution in [3.05, 3.63) is 35.9 Å². The highest BCUT2D eigenvalue weighted by atomic mass is 32.1. The largest absolute Gasteiger partial charge is 0.465 e. The number of carboxylic acid groups (broad SMARTS) is 1. The highest BCUT2D eigenvalue weighted by Gasteiger charge is 2.25. The highest BCUT2D eigenvalue weighted by Crippen LogP contribution is 2.14. The lowest BCUT2D eigenvalue weighted by Crippen LogP contribution is -2.45. The number of carbonyl (C=O) groups is 2. The van der Waals surface area contributed by atoms with E-state index >= 15 is 0 Å². The molecule has 7 heteroatoms. The summed E-state index contributed by atoms with van der Waals surface area (Å²) in [5.74, 6) is -0.236. The maximum atomic E-state index is 11.9. The molecule has 0 fully saturated rings. The second-order valence-corrected chi connectivity index (χ2v) is 7.15. The normalized spacial score (nSPS) is 10.8. The smallest absolute Gasteiger partial charge is 0.407 e. The van der Waals surface area contributed by atoms with Crippen LogP contribution in [-0.2, 0) is 0 Å². The van der Waals surface area contributed by atoms with Gasteiger partial charge in [-0.1, -0.05) is 18.2 Å². The molecule has 3 N–H and O–H groups in total. The number of rotatable bonds is 7. The van der Waals surface area contributed by atoms with E-state index < -0.39 is 11.6 Å². The molecule has 2 amide bonds. The Kier molecular flexibility index (Phi) is 8.34. The topological polar surface area (TPSA) is 81.7 Å². The molecule has 1 aromatic rings. The lowest BCUT2D eigenvalue weighted by Gasteiger charge is -2.33. The highest BCUT2D eigenvalue weighted by molar-refractivity contribution is 7.80. The number of nitrogens with zero attached hydrogens (tertiary/aromatic N) is 1. The zero-order valence-electron chi connectivity index (χ0n) is 15.0. The molecule has 1 aromatic carbocycles. The van der Waals surface area contributed by atoms with Crippen molar-refractivity contribution in [1.82, 2.24) is 15.5 Å². The summed E-state index contributed by atoms with van der Waals surface area (Å²) >= 11 is 5.10. The van der Waals surface area contributed by atoms with Crippen molar-refractivity contribution in [1.29, 1.82) is 0 Å². The summed E-state index contributed by atoms with van der Waals surface area (Å²) in [7, 11) is 0. The van der Waals surface area contributed by atoms with Crippen LogP contribution in [0.3, 0.4) is 0 Å². The molecule has 0 aliphatic rings. The molecule has 0 heterocycles. The van der Waals surface area contributed by atoms with Crippen LogP contribution in [0.1, 0.15) is 50.4 Å². The molecule has 0 aliphatic carbocycles. The third-order valence-electron chi connectivity index (χ3n) is 3.65. The summed E-state index contributed by atoms with van der Waals surface area (Å²) in [6.07, 6.45) is 1.62. The zero-order chi connectivity index (χ0) is 18.9. The molecule has 25 heavy (non-hydrogen) atoms. The molecule has 0 spiro atoms. The third-order valence-corrected chi connectivity index (χ3v) is 3.89. The predicted octanol–water partition coefficient (Wildman–Crippen LogP) is 3.24. The van der Waals surface area contributed by atoms with Crippen LogP contribution in [0.25, 0.3) is 0 Å². The summed E-state index contributed by atoms with van der Waals surface area (Å²) in [6, 6.07) is 8.88. The Bertz CT molecular complexity index is 585. The summed E-state index contributed by atoms with van der Waals surface area (Å²) in [5, 5.41) is 15.1. The molecular weight excluding hydrogens is 338 g/mol. The molecular formula is C18H27N3O3S. The Morgan fingerprint density at radius 3 is 2.32 bits per heavy atom. The van der Waals surface area contributed by atoms with Crippen LogP contribution in [0.15, 0.2) is 30.3 Å². The second-order valence-electron chi connectivity index (χ2n) is 6.74.